The molecule has 0 aliphatic carbocycles. The second-order valence-electron chi connectivity index (χ2n) is 4.69. The number of nitrogens with zero attached hydrogens (tertiary/aromatic N) is 2. The number of amides is 1. The molecule has 7 heteroatoms. The number of nitrogen functional groups attached to an aromatic ring is 1. The molecule has 2 aromatic rings. The van der Waals surface area contributed by atoms with Gasteiger partial charge in [-0.3, -0.25) is 4.79 Å². The lowest BCUT2D eigenvalue weighted by Gasteiger charge is -2.05. The molecule has 0 atom stereocenters. The number of hydrogen-bond donors (Lipinski definition) is 2. The van der Waals surface area contributed by atoms with Crippen LogP contribution in [-0.2, 0) is 11.2 Å². The summed E-state index contributed by atoms with van der Waals surface area (Å²) < 4.78 is 0. The standard InChI is InChI=1S/C12H16N4OS2/c1-6(2)3-7-4-18-11-9(7)10(14)15-12(16-11)19-5-8(13)17/h4,6H,3,5H2,1-2H3,(H2,13,17)(H2,14,15,16). The van der Waals surface area contributed by atoms with Crippen molar-refractivity contribution in [1.82, 2.24) is 9.97 Å². The number of fused-ring (bicyclic) bond motifs is 1. The molecule has 2 heterocycles. The second-order valence-corrected chi connectivity index (χ2v) is 6.49. The maximum atomic E-state index is 10.8. The number of aromatic nitrogens is 2. The van der Waals surface area contributed by atoms with Crippen molar-refractivity contribution in [1.29, 1.82) is 0 Å². The van der Waals surface area contributed by atoms with Crippen molar-refractivity contribution in [3.63, 3.8) is 0 Å². The van der Waals surface area contributed by atoms with Crippen LogP contribution in [0.5, 0.6) is 0 Å². The summed E-state index contributed by atoms with van der Waals surface area (Å²) in [6.45, 7) is 4.33. The Bertz CT molecular complexity index is 609. The minimum absolute atomic E-state index is 0.162. The molecule has 0 fully saturated rings. The van der Waals surface area contributed by atoms with E-state index in [-0.39, 0.29) is 11.7 Å². The summed E-state index contributed by atoms with van der Waals surface area (Å²) in [4.78, 5) is 20.3. The van der Waals surface area contributed by atoms with Crippen LogP contribution in [0.1, 0.15) is 19.4 Å². The highest BCUT2D eigenvalue weighted by molar-refractivity contribution is 7.99. The molecule has 0 aliphatic rings. The Balaban J connectivity index is 2.34. The summed E-state index contributed by atoms with van der Waals surface area (Å²) in [6, 6.07) is 0. The van der Waals surface area contributed by atoms with Crippen molar-refractivity contribution in [2.24, 2.45) is 11.7 Å². The van der Waals surface area contributed by atoms with Gasteiger partial charge in [-0.05, 0) is 23.3 Å². The van der Waals surface area contributed by atoms with Crippen LogP contribution in [-0.4, -0.2) is 21.6 Å². The lowest BCUT2D eigenvalue weighted by atomic mass is 10.0. The molecule has 0 aliphatic heterocycles. The fraction of sp³-hybridized carbons (Fsp3) is 0.417. The fourth-order valence-electron chi connectivity index (χ4n) is 1.80. The third-order valence-corrected chi connectivity index (χ3v) is 4.28. The van der Waals surface area contributed by atoms with Gasteiger partial charge in [0, 0.05) is 0 Å². The predicted molar refractivity (Wildman–Crippen MR) is 80.3 cm³/mol. The molecule has 0 unspecified atom stereocenters. The molecular formula is C12H16N4OS2. The van der Waals surface area contributed by atoms with Crippen LogP contribution in [0.15, 0.2) is 10.5 Å². The molecule has 0 bridgehead atoms. The van der Waals surface area contributed by atoms with Crippen molar-refractivity contribution in [3.05, 3.63) is 10.9 Å². The van der Waals surface area contributed by atoms with Gasteiger partial charge in [0.25, 0.3) is 0 Å². The van der Waals surface area contributed by atoms with Crippen molar-refractivity contribution in [2.75, 3.05) is 11.5 Å². The Morgan fingerprint density at radius 2 is 2.21 bits per heavy atom. The van der Waals surface area contributed by atoms with E-state index in [2.05, 4.69) is 29.2 Å². The highest BCUT2D eigenvalue weighted by atomic mass is 32.2. The van der Waals surface area contributed by atoms with Crippen LogP contribution in [0.25, 0.3) is 10.2 Å². The third kappa shape index (κ3) is 3.36. The first-order chi connectivity index (χ1) is 8.97. The molecule has 0 aromatic carbocycles. The number of carbonyl (C=O) groups excluding carboxylic acids is 1. The van der Waals surface area contributed by atoms with Crippen LogP contribution < -0.4 is 11.5 Å². The minimum Gasteiger partial charge on any atom is -0.383 e. The molecule has 102 valence electrons. The van der Waals surface area contributed by atoms with E-state index in [9.17, 15) is 4.79 Å². The summed E-state index contributed by atoms with van der Waals surface area (Å²) in [5, 5.41) is 3.53. The zero-order chi connectivity index (χ0) is 14.0. The van der Waals surface area contributed by atoms with E-state index < -0.39 is 0 Å². The Labute approximate surface area is 119 Å². The maximum absolute atomic E-state index is 10.8. The molecule has 5 nitrogen and oxygen atoms in total. The first kappa shape index (κ1) is 14.1. The molecule has 0 saturated heterocycles. The number of nitrogens with two attached hydrogens (primary N) is 2. The molecule has 19 heavy (non-hydrogen) atoms. The smallest absolute Gasteiger partial charge is 0.227 e. The molecule has 2 aromatic heterocycles. The topological polar surface area (TPSA) is 94.9 Å². The van der Waals surface area contributed by atoms with Gasteiger partial charge >= 0.3 is 0 Å². The SMILES string of the molecule is CC(C)Cc1csc2nc(SCC(N)=O)nc(N)c12. The van der Waals surface area contributed by atoms with E-state index in [0.717, 1.165) is 16.6 Å². The van der Waals surface area contributed by atoms with Gasteiger partial charge in [-0.25, -0.2) is 9.97 Å². The molecular weight excluding hydrogens is 280 g/mol. The minimum atomic E-state index is -0.390. The summed E-state index contributed by atoms with van der Waals surface area (Å²) in [7, 11) is 0. The fourth-order valence-corrected chi connectivity index (χ4v) is 3.41. The van der Waals surface area contributed by atoms with Crippen LogP contribution in [0.3, 0.4) is 0 Å². The Morgan fingerprint density at radius 3 is 2.84 bits per heavy atom. The van der Waals surface area contributed by atoms with E-state index in [4.69, 9.17) is 11.5 Å². The van der Waals surface area contributed by atoms with Crippen LogP contribution in [0, 0.1) is 5.92 Å². The van der Waals surface area contributed by atoms with Gasteiger partial charge in [0.15, 0.2) is 5.16 Å². The van der Waals surface area contributed by atoms with E-state index in [0.29, 0.717) is 16.9 Å². The van der Waals surface area contributed by atoms with Gasteiger partial charge in [-0.2, -0.15) is 0 Å². The maximum Gasteiger partial charge on any atom is 0.227 e. The number of primary amides is 1. The predicted octanol–water partition coefficient (Wildman–Crippen LogP) is 2.05. The van der Waals surface area contributed by atoms with Crippen molar-refractivity contribution < 1.29 is 4.79 Å². The summed E-state index contributed by atoms with van der Waals surface area (Å²) in [6.07, 6.45) is 0.960. The van der Waals surface area contributed by atoms with Crippen molar-refractivity contribution in [3.8, 4) is 0 Å². The first-order valence-corrected chi connectivity index (χ1v) is 7.78. The van der Waals surface area contributed by atoms with Gasteiger partial charge in [0.1, 0.15) is 10.6 Å². The molecule has 4 N–H and O–H groups in total. The number of thiophene rings is 1. The van der Waals surface area contributed by atoms with Gasteiger partial charge < -0.3 is 11.5 Å². The van der Waals surface area contributed by atoms with E-state index >= 15 is 0 Å². The van der Waals surface area contributed by atoms with E-state index in [1.165, 1.54) is 17.3 Å². The van der Waals surface area contributed by atoms with Crippen LogP contribution in [0.2, 0.25) is 0 Å². The van der Waals surface area contributed by atoms with Crippen LogP contribution in [0.4, 0.5) is 5.82 Å². The summed E-state index contributed by atoms with van der Waals surface area (Å²) in [5.74, 6) is 0.809. The largest absolute Gasteiger partial charge is 0.383 e. The normalized spacial score (nSPS) is 11.3. The molecule has 0 spiro atoms. The summed E-state index contributed by atoms with van der Waals surface area (Å²) >= 11 is 2.77. The van der Waals surface area contributed by atoms with E-state index in [1.807, 2.05) is 0 Å². The Hall–Kier alpha value is -1.34. The van der Waals surface area contributed by atoms with Crippen LogP contribution >= 0.6 is 23.1 Å². The second kappa shape index (κ2) is 5.75. The lowest BCUT2D eigenvalue weighted by molar-refractivity contribution is -0.115. The average Bonchev–Trinajstić information content (AvgIpc) is 2.69. The lowest BCUT2D eigenvalue weighted by Crippen LogP contribution is -2.13. The van der Waals surface area contributed by atoms with Gasteiger partial charge in [0.05, 0.1) is 11.1 Å². The quantitative estimate of drug-likeness (QED) is 0.650. The highest BCUT2D eigenvalue weighted by Crippen LogP contribution is 2.31. The average molecular weight is 296 g/mol. The summed E-state index contributed by atoms with van der Waals surface area (Å²) in [5.41, 5.74) is 12.3. The highest BCUT2D eigenvalue weighted by Gasteiger charge is 2.13. The number of thioether (sulfide) groups is 1. The number of hydrogen-bond acceptors (Lipinski definition) is 6. The molecule has 0 radical (unpaired) electrons. The van der Waals surface area contributed by atoms with Gasteiger partial charge in [-0.1, -0.05) is 25.6 Å². The Morgan fingerprint density at radius 1 is 1.47 bits per heavy atom. The van der Waals surface area contributed by atoms with Crippen molar-refractivity contribution in [2.45, 2.75) is 25.4 Å². The van der Waals surface area contributed by atoms with Gasteiger partial charge in [0.2, 0.25) is 5.91 Å². The number of rotatable bonds is 5. The number of anilines is 1. The zero-order valence-corrected chi connectivity index (χ0v) is 12.5. The first-order valence-electron chi connectivity index (χ1n) is 5.92. The van der Waals surface area contributed by atoms with E-state index in [1.54, 1.807) is 11.3 Å². The number of carbonyl (C=O) groups is 1. The molecule has 0 saturated carbocycles. The van der Waals surface area contributed by atoms with Crippen molar-refractivity contribution >= 4 is 45.0 Å². The van der Waals surface area contributed by atoms with Gasteiger partial charge in [-0.15, -0.1) is 11.3 Å². The third-order valence-electron chi connectivity index (χ3n) is 2.49. The molecule has 2 rings (SSSR count). The molecule has 1 amide bonds. The zero-order valence-electron chi connectivity index (χ0n) is 10.8. The Kier molecular flexibility index (Phi) is 4.26. The monoisotopic (exact) mass is 296 g/mol.